The van der Waals surface area contributed by atoms with E-state index in [4.69, 9.17) is 20.8 Å². The molecule has 26 heavy (non-hydrogen) atoms. The van der Waals surface area contributed by atoms with E-state index in [0.29, 0.717) is 22.0 Å². The van der Waals surface area contributed by atoms with Crippen molar-refractivity contribution in [3.8, 4) is 5.75 Å². The molecule has 0 unspecified atom stereocenters. The molecule has 3 rings (SSSR count). The first-order valence-corrected chi connectivity index (χ1v) is 8.64. The highest BCUT2D eigenvalue weighted by molar-refractivity contribution is 6.30. The van der Waals surface area contributed by atoms with Gasteiger partial charge in [-0.15, -0.1) is 0 Å². The smallest absolute Gasteiger partial charge is 0.336 e. The third-order valence-corrected chi connectivity index (χ3v) is 4.23. The molecule has 0 saturated heterocycles. The largest absolute Gasteiger partial charge is 0.481 e. The number of carbonyl (C=O) groups is 1. The number of hydrogen-bond donors (Lipinski definition) is 1. The van der Waals surface area contributed by atoms with Crippen LogP contribution in [0.25, 0.3) is 11.0 Å². The summed E-state index contributed by atoms with van der Waals surface area (Å²) in [5, 5.41) is 4.21. The number of aryl methyl sites for hydroxylation is 1. The number of halogens is 1. The maximum absolute atomic E-state index is 12.3. The summed E-state index contributed by atoms with van der Waals surface area (Å²) in [6, 6.07) is 13.5. The Morgan fingerprint density at radius 3 is 2.62 bits per heavy atom. The van der Waals surface area contributed by atoms with Gasteiger partial charge in [-0.2, -0.15) is 0 Å². The Bertz CT molecular complexity index is 995. The molecule has 0 aliphatic rings. The number of amides is 1. The molecule has 0 fully saturated rings. The molecule has 0 aliphatic heterocycles. The summed E-state index contributed by atoms with van der Waals surface area (Å²) in [4.78, 5) is 23.9. The number of fused-ring (bicyclic) bond motifs is 1. The lowest BCUT2D eigenvalue weighted by atomic mass is 10.1. The van der Waals surface area contributed by atoms with Crippen LogP contribution in [0, 0.1) is 0 Å². The van der Waals surface area contributed by atoms with Crippen LogP contribution in [-0.2, 0) is 11.2 Å². The van der Waals surface area contributed by atoms with E-state index in [-0.39, 0.29) is 5.91 Å². The van der Waals surface area contributed by atoms with E-state index in [1.807, 2.05) is 13.0 Å². The second kappa shape index (κ2) is 7.62. The van der Waals surface area contributed by atoms with Gasteiger partial charge in [0, 0.05) is 28.2 Å². The van der Waals surface area contributed by atoms with Gasteiger partial charge in [0.25, 0.3) is 5.91 Å². The maximum atomic E-state index is 12.3. The van der Waals surface area contributed by atoms with Crippen molar-refractivity contribution in [3.05, 3.63) is 69.5 Å². The van der Waals surface area contributed by atoms with E-state index in [0.717, 1.165) is 17.4 Å². The molecule has 1 aromatic heterocycles. The third-order valence-electron chi connectivity index (χ3n) is 3.98. The topological polar surface area (TPSA) is 68.5 Å². The standard InChI is InChI=1S/C20H18ClNO4/c1-3-13-10-19(23)26-18-11-16(8-9-17(13)18)25-12(2)20(24)22-15-6-4-14(21)5-7-15/h4-12H,3H2,1-2H3,(H,22,24)/t12-/m0/s1. The van der Waals surface area contributed by atoms with Crippen LogP contribution in [0.2, 0.25) is 5.02 Å². The summed E-state index contributed by atoms with van der Waals surface area (Å²) in [5.41, 5.74) is 1.58. The predicted molar refractivity (Wildman–Crippen MR) is 102 cm³/mol. The number of ether oxygens (including phenoxy) is 1. The molecule has 3 aromatic rings. The van der Waals surface area contributed by atoms with E-state index in [1.54, 1.807) is 43.3 Å². The second-order valence-electron chi connectivity index (χ2n) is 5.86. The summed E-state index contributed by atoms with van der Waals surface area (Å²) in [6.07, 6.45) is -0.00781. The summed E-state index contributed by atoms with van der Waals surface area (Å²) in [7, 11) is 0. The molecular weight excluding hydrogens is 354 g/mol. The lowest BCUT2D eigenvalue weighted by Gasteiger charge is -2.15. The molecule has 5 nitrogen and oxygen atoms in total. The number of anilines is 1. The average molecular weight is 372 g/mol. The Hall–Kier alpha value is -2.79. The quantitative estimate of drug-likeness (QED) is 0.674. The first-order valence-electron chi connectivity index (χ1n) is 8.26. The predicted octanol–water partition coefficient (Wildman–Crippen LogP) is 4.41. The van der Waals surface area contributed by atoms with Crippen molar-refractivity contribution in [2.45, 2.75) is 26.4 Å². The van der Waals surface area contributed by atoms with Gasteiger partial charge in [-0.25, -0.2) is 4.79 Å². The minimum absolute atomic E-state index is 0.295. The molecular formula is C20H18ClNO4. The highest BCUT2D eigenvalue weighted by Gasteiger charge is 2.16. The minimum Gasteiger partial charge on any atom is -0.481 e. The van der Waals surface area contributed by atoms with Gasteiger partial charge in [-0.1, -0.05) is 18.5 Å². The fourth-order valence-corrected chi connectivity index (χ4v) is 2.74. The first kappa shape index (κ1) is 18.0. The van der Waals surface area contributed by atoms with Crippen LogP contribution in [0.5, 0.6) is 5.75 Å². The van der Waals surface area contributed by atoms with E-state index < -0.39 is 11.7 Å². The van der Waals surface area contributed by atoms with Crippen molar-refractivity contribution in [2.75, 3.05) is 5.32 Å². The van der Waals surface area contributed by atoms with Crippen LogP contribution < -0.4 is 15.7 Å². The highest BCUT2D eigenvalue weighted by atomic mass is 35.5. The zero-order chi connectivity index (χ0) is 18.7. The number of rotatable bonds is 5. The summed E-state index contributed by atoms with van der Waals surface area (Å²) in [6.45, 7) is 3.62. The van der Waals surface area contributed by atoms with Gasteiger partial charge in [0.2, 0.25) is 0 Å². The minimum atomic E-state index is -0.732. The fourth-order valence-electron chi connectivity index (χ4n) is 2.61. The molecule has 0 saturated carbocycles. The molecule has 0 radical (unpaired) electrons. The molecule has 1 atom stereocenters. The summed E-state index contributed by atoms with van der Waals surface area (Å²) in [5.74, 6) is 0.156. The van der Waals surface area contributed by atoms with Gasteiger partial charge in [0.05, 0.1) is 0 Å². The summed E-state index contributed by atoms with van der Waals surface area (Å²) >= 11 is 5.83. The Morgan fingerprint density at radius 1 is 1.19 bits per heavy atom. The lowest BCUT2D eigenvalue weighted by molar-refractivity contribution is -0.122. The zero-order valence-electron chi connectivity index (χ0n) is 14.4. The van der Waals surface area contributed by atoms with Crippen molar-refractivity contribution in [2.24, 2.45) is 0 Å². The molecule has 134 valence electrons. The average Bonchev–Trinajstić information content (AvgIpc) is 2.62. The first-order chi connectivity index (χ1) is 12.5. The SMILES string of the molecule is CCc1cc(=O)oc2cc(O[C@@H](C)C(=O)Nc3ccc(Cl)cc3)ccc12. The van der Waals surface area contributed by atoms with Crippen molar-refractivity contribution < 1.29 is 13.9 Å². The molecule has 1 N–H and O–H groups in total. The van der Waals surface area contributed by atoms with Gasteiger partial charge < -0.3 is 14.5 Å². The van der Waals surface area contributed by atoms with E-state index >= 15 is 0 Å². The second-order valence-corrected chi connectivity index (χ2v) is 6.29. The fraction of sp³-hybridized carbons (Fsp3) is 0.200. The third kappa shape index (κ3) is 4.06. The number of hydrogen-bond acceptors (Lipinski definition) is 4. The van der Waals surface area contributed by atoms with Crippen molar-refractivity contribution >= 4 is 34.2 Å². The Balaban J connectivity index is 1.76. The number of carbonyl (C=O) groups excluding carboxylic acids is 1. The number of benzene rings is 2. The molecule has 1 heterocycles. The molecule has 1 amide bonds. The van der Waals surface area contributed by atoms with Crippen LogP contribution in [0.1, 0.15) is 19.4 Å². The van der Waals surface area contributed by atoms with Gasteiger partial charge in [0.15, 0.2) is 6.10 Å². The van der Waals surface area contributed by atoms with Gasteiger partial charge in [-0.3, -0.25) is 4.79 Å². The molecule has 0 spiro atoms. The van der Waals surface area contributed by atoms with Crippen molar-refractivity contribution in [1.82, 2.24) is 0 Å². The van der Waals surface area contributed by atoms with Crippen LogP contribution in [0.3, 0.4) is 0 Å². The van der Waals surface area contributed by atoms with Gasteiger partial charge in [-0.05, 0) is 55.3 Å². The highest BCUT2D eigenvalue weighted by Crippen LogP contribution is 2.24. The molecule has 6 heteroatoms. The molecule has 2 aromatic carbocycles. The Kier molecular flexibility index (Phi) is 5.28. The Morgan fingerprint density at radius 2 is 1.92 bits per heavy atom. The normalized spacial score (nSPS) is 12.0. The molecule has 0 aliphatic carbocycles. The number of nitrogens with one attached hydrogen (secondary N) is 1. The van der Waals surface area contributed by atoms with Gasteiger partial charge >= 0.3 is 5.63 Å². The summed E-state index contributed by atoms with van der Waals surface area (Å²) < 4.78 is 10.9. The molecule has 0 bridgehead atoms. The Labute approximate surface area is 155 Å². The van der Waals surface area contributed by atoms with Crippen molar-refractivity contribution in [1.29, 1.82) is 0 Å². The maximum Gasteiger partial charge on any atom is 0.336 e. The zero-order valence-corrected chi connectivity index (χ0v) is 15.2. The van der Waals surface area contributed by atoms with E-state index in [1.165, 1.54) is 6.07 Å². The van der Waals surface area contributed by atoms with E-state index in [2.05, 4.69) is 5.32 Å². The van der Waals surface area contributed by atoms with Gasteiger partial charge in [0.1, 0.15) is 11.3 Å². The van der Waals surface area contributed by atoms with Crippen LogP contribution in [0.15, 0.2) is 57.7 Å². The van der Waals surface area contributed by atoms with E-state index in [9.17, 15) is 9.59 Å². The lowest BCUT2D eigenvalue weighted by Crippen LogP contribution is -2.30. The van der Waals surface area contributed by atoms with Crippen LogP contribution in [0.4, 0.5) is 5.69 Å². The van der Waals surface area contributed by atoms with Crippen LogP contribution in [-0.4, -0.2) is 12.0 Å². The van der Waals surface area contributed by atoms with Crippen molar-refractivity contribution in [3.63, 3.8) is 0 Å². The monoisotopic (exact) mass is 371 g/mol. The van der Waals surface area contributed by atoms with Crippen LogP contribution >= 0.6 is 11.6 Å².